The molecule has 0 aliphatic rings. The maximum absolute atomic E-state index is 12.0. The van der Waals surface area contributed by atoms with Crippen molar-refractivity contribution in [1.82, 2.24) is 15.0 Å². The molecule has 0 radical (unpaired) electrons. The van der Waals surface area contributed by atoms with E-state index in [1.165, 1.54) is 4.68 Å². The lowest BCUT2D eigenvalue weighted by Crippen LogP contribution is -2.19. The highest BCUT2D eigenvalue weighted by atomic mass is 16.2. The zero-order chi connectivity index (χ0) is 15.2. The second kappa shape index (κ2) is 6.99. The minimum absolute atomic E-state index is 0.125. The topological polar surface area (TPSA) is 80.0 Å². The summed E-state index contributed by atoms with van der Waals surface area (Å²) in [6, 6.07) is 5.94. The quantitative estimate of drug-likeness (QED) is 0.843. The predicted octanol–water partition coefficient (Wildman–Crippen LogP) is 1.46. The SMILES string of the molecule is Cc1ccc(C)c(NC(=O)Cn2cc(CCCO)nn2)c1. The molecule has 6 nitrogen and oxygen atoms in total. The summed E-state index contributed by atoms with van der Waals surface area (Å²) in [5.41, 5.74) is 3.73. The average molecular weight is 288 g/mol. The normalized spacial score (nSPS) is 10.6. The van der Waals surface area contributed by atoms with Crippen LogP contribution >= 0.6 is 0 Å². The fourth-order valence-electron chi connectivity index (χ4n) is 2.00. The summed E-state index contributed by atoms with van der Waals surface area (Å²) >= 11 is 0. The van der Waals surface area contributed by atoms with Gasteiger partial charge in [-0.05, 0) is 43.9 Å². The molecule has 0 aliphatic carbocycles. The number of nitrogens with zero attached hydrogens (tertiary/aromatic N) is 3. The van der Waals surface area contributed by atoms with Crippen LogP contribution in [0.4, 0.5) is 5.69 Å². The van der Waals surface area contributed by atoms with Crippen molar-refractivity contribution in [1.29, 1.82) is 0 Å². The van der Waals surface area contributed by atoms with Gasteiger partial charge in [0.05, 0.1) is 5.69 Å². The van der Waals surface area contributed by atoms with Crippen molar-refractivity contribution in [3.8, 4) is 0 Å². The molecule has 21 heavy (non-hydrogen) atoms. The Bertz CT molecular complexity index is 622. The van der Waals surface area contributed by atoms with Crippen molar-refractivity contribution >= 4 is 11.6 Å². The summed E-state index contributed by atoms with van der Waals surface area (Å²) in [7, 11) is 0. The number of carbonyl (C=O) groups excluding carboxylic acids is 1. The van der Waals surface area contributed by atoms with Gasteiger partial charge in [-0.2, -0.15) is 0 Å². The number of amides is 1. The molecule has 1 aromatic carbocycles. The molecule has 6 heteroatoms. The number of aryl methyl sites for hydroxylation is 3. The van der Waals surface area contributed by atoms with Crippen LogP contribution in [0.15, 0.2) is 24.4 Å². The van der Waals surface area contributed by atoms with Crippen molar-refractivity contribution in [2.45, 2.75) is 33.2 Å². The Morgan fingerprint density at radius 1 is 1.38 bits per heavy atom. The average Bonchev–Trinajstić information content (AvgIpc) is 2.88. The monoisotopic (exact) mass is 288 g/mol. The van der Waals surface area contributed by atoms with Gasteiger partial charge in [-0.1, -0.05) is 17.3 Å². The van der Waals surface area contributed by atoms with Gasteiger partial charge in [0.25, 0.3) is 0 Å². The molecule has 0 aliphatic heterocycles. The number of rotatable bonds is 6. The molecule has 0 bridgehead atoms. The molecule has 2 N–H and O–H groups in total. The molecule has 0 saturated heterocycles. The number of hydrogen-bond donors (Lipinski definition) is 2. The molecule has 1 heterocycles. The van der Waals surface area contributed by atoms with Crippen molar-refractivity contribution in [3.05, 3.63) is 41.2 Å². The van der Waals surface area contributed by atoms with Crippen LogP contribution in [0.3, 0.4) is 0 Å². The number of aliphatic hydroxyl groups is 1. The first-order chi connectivity index (χ1) is 10.1. The third kappa shape index (κ3) is 4.39. The number of benzene rings is 1. The van der Waals surface area contributed by atoms with Crippen molar-refractivity contribution < 1.29 is 9.90 Å². The molecule has 1 amide bonds. The third-order valence-electron chi connectivity index (χ3n) is 3.15. The predicted molar refractivity (Wildman–Crippen MR) is 80.0 cm³/mol. The maximum atomic E-state index is 12.0. The molecule has 0 unspecified atom stereocenters. The van der Waals surface area contributed by atoms with E-state index in [9.17, 15) is 4.79 Å². The maximum Gasteiger partial charge on any atom is 0.246 e. The van der Waals surface area contributed by atoms with E-state index in [0.717, 1.165) is 22.5 Å². The molecular weight excluding hydrogens is 268 g/mol. The fraction of sp³-hybridized carbons (Fsp3) is 0.400. The van der Waals surface area contributed by atoms with Gasteiger partial charge in [-0.3, -0.25) is 4.79 Å². The smallest absolute Gasteiger partial charge is 0.246 e. The van der Waals surface area contributed by atoms with E-state index in [1.54, 1.807) is 6.20 Å². The molecule has 0 saturated carbocycles. The van der Waals surface area contributed by atoms with Gasteiger partial charge in [0, 0.05) is 18.5 Å². The summed E-state index contributed by atoms with van der Waals surface area (Å²) in [6.07, 6.45) is 3.04. The van der Waals surface area contributed by atoms with Crippen LogP contribution in [0.25, 0.3) is 0 Å². The van der Waals surface area contributed by atoms with Crippen LogP contribution < -0.4 is 5.32 Å². The Morgan fingerprint density at radius 3 is 2.95 bits per heavy atom. The van der Waals surface area contributed by atoms with Gasteiger partial charge in [-0.25, -0.2) is 4.68 Å². The second-order valence-electron chi connectivity index (χ2n) is 5.10. The lowest BCUT2D eigenvalue weighted by atomic mass is 10.1. The summed E-state index contributed by atoms with van der Waals surface area (Å²) in [5, 5.41) is 19.5. The van der Waals surface area contributed by atoms with Gasteiger partial charge >= 0.3 is 0 Å². The highest BCUT2D eigenvalue weighted by molar-refractivity contribution is 5.91. The van der Waals surface area contributed by atoms with Gasteiger partial charge in [0.1, 0.15) is 6.54 Å². The van der Waals surface area contributed by atoms with Crippen molar-refractivity contribution in [3.63, 3.8) is 0 Å². The van der Waals surface area contributed by atoms with Crippen LogP contribution in [0.5, 0.6) is 0 Å². The van der Waals surface area contributed by atoms with E-state index >= 15 is 0 Å². The third-order valence-corrected chi connectivity index (χ3v) is 3.15. The summed E-state index contributed by atoms with van der Waals surface area (Å²) < 4.78 is 1.51. The standard InChI is InChI=1S/C15H20N4O2/c1-11-5-6-12(2)14(8-11)16-15(21)10-19-9-13(17-18-19)4-3-7-20/h5-6,8-9,20H,3-4,7,10H2,1-2H3,(H,16,21). The molecule has 112 valence electrons. The van der Waals surface area contributed by atoms with E-state index in [2.05, 4.69) is 15.6 Å². The van der Waals surface area contributed by atoms with Crippen molar-refractivity contribution in [2.24, 2.45) is 0 Å². The molecule has 2 rings (SSSR count). The van der Waals surface area contributed by atoms with E-state index < -0.39 is 0 Å². The number of carbonyl (C=O) groups is 1. The van der Waals surface area contributed by atoms with Crippen LogP contribution in [0, 0.1) is 13.8 Å². The number of aromatic nitrogens is 3. The first-order valence-electron chi connectivity index (χ1n) is 6.95. The van der Waals surface area contributed by atoms with Gasteiger partial charge in [-0.15, -0.1) is 5.10 Å². The molecule has 0 spiro atoms. The Morgan fingerprint density at radius 2 is 2.19 bits per heavy atom. The summed E-state index contributed by atoms with van der Waals surface area (Å²) in [6.45, 7) is 4.19. The van der Waals surface area contributed by atoms with Crippen molar-refractivity contribution in [2.75, 3.05) is 11.9 Å². The first-order valence-corrected chi connectivity index (χ1v) is 6.95. The summed E-state index contributed by atoms with van der Waals surface area (Å²) in [4.78, 5) is 12.0. The van der Waals surface area contributed by atoms with Crippen LogP contribution in [0.2, 0.25) is 0 Å². The number of hydrogen-bond acceptors (Lipinski definition) is 4. The molecule has 0 atom stereocenters. The van der Waals surface area contributed by atoms with Gasteiger partial charge in [0.2, 0.25) is 5.91 Å². The largest absolute Gasteiger partial charge is 0.396 e. The zero-order valence-corrected chi connectivity index (χ0v) is 12.3. The van der Waals surface area contributed by atoms with Gasteiger partial charge < -0.3 is 10.4 Å². The highest BCUT2D eigenvalue weighted by Crippen LogP contribution is 2.16. The van der Waals surface area contributed by atoms with Gasteiger partial charge in [0.15, 0.2) is 0 Å². The second-order valence-corrected chi connectivity index (χ2v) is 5.10. The number of aliphatic hydroxyl groups excluding tert-OH is 1. The number of nitrogens with one attached hydrogen (secondary N) is 1. The zero-order valence-electron chi connectivity index (χ0n) is 12.3. The van der Waals surface area contributed by atoms with E-state index in [1.807, 2.05) is 32.0 Å². The molecule has 2 aromatic rings. The minimum Gasteiger partial charge on any atom is -0.396 e. The van der Waals surface area contributed by atoms with Crippen LogP contribution in [-0.2, 0) is 17.8 Å². The van der Waals surface area contributed by atoms with E-state index in [4.69, 9.17) is 5.11 Å². The molecular formula is C15H20N4O2. The lowest BCUT2D eigenvalue weighted by Gasteiger charge is -2.09. The Labute approximate surface area is 123 Å². The Kier molecular flexibility index (Phi) is 5.05. The Balaban J connectivity index is 1.95. The van der Waals surface area contributed by atoms with Crippen LogP contribution in [-0.4, -0.2) is 32.6 Å². The highest BCUT2D eigenvalue weighted by Gasteiger charge is 2.08. The molecule has 0 fully saturated rings. The van der Waals surface area contributed by atoms with E-state index in [0.29, 0.717) is 12.8 Å². The number of anilines is 1. The minimum atomic E-state index is -0.137. The Hall–Kier alpha value is -2.21. The molecule has 1 aromatic heterocycles. The first kappa shape index (κ1) is 15.2. The van der Waals surface area contributed by atoms with E-state index in [-0.39, 0.29) is 19.1 Å². The summed E-state index contributed by atoms with van der Waals surface area (Å²) in [5.74, 6) is -0.137. The van der Waals surface area contributed by atoms with Crippen LogP contribution in [0.1, 0.15) is 23.2 Å². The fourth-order valence-corrected chi connectivity index (χ4v) is 2.00. The lowest BCUT2D eigenvalue weighted by molar-refractivity contribution is -0.116.